The van der Waals surface area contributed by atoms with Gasteiger partial charge in [-0.3, -0.25) is 4.79 Å². The van der Waals surface area contributed by atoms with Crippen molar-refractivity contribution in [2.24, 2.45) is 5.10 Å². The fourth-order valence-corrected chi connectivity index (χ4v) is 2.83. The van der Waals surface area contributed by atoms with E-state index in [9.17, 15) is 9.59 Å². The molecular formula is C21H24ClN3O5. The van der Waals surface area contributed by atoms with Crippen LogP contribution in [-0.4, -0.2) is 39.0 Å². The van der Waals surface area contributed by atoms with Crippen molar-refractivity contribution in [2.45, 2.75) is 19.4 Å². The summed E-state index contributed by atoms with van der Waals surface area (Å²) >= 11 is 6.20. The minimum atomic E-state index is -0.597. The highest BCUT2D eigenvalue weighted by Gasteiger charge is 2.19. The third-order valence-corrected chi connectivity index (χ3v) is 4.38. The van der Waals surface area contributed by atoms with Crippen molar-refractivity contribution in [3.8, 4) is 11.5 Å². The van der Waals surface area contributed by atoms with E-state index in [1.54, 1.807) is 19.1 Å². The van der Waals surface area contributed by atoms with Crippen LogP contribution in [0.5, 0.6) is 11.5 Å². The molecule has 0 bridgehead atoms. The van der Waals surface area contributed by atoms with Crippen LogP contribution in [0.25, 0.3) is 0 Å². The highest BCUT2D eigenvalue weighted by atomic mass is 35.5. The molecule has 0 aromatic heterocycles. The topological polar surface area (TPSA) is 98.2 Å². The van der Waals surface area contributed by atoms with Gasteiger partial charge in [0.1, 0.15) is 0 Å². The lowest BCUT2D eigenvalue weighted by atomic mass is 10.0. The van der Waals surface area contributed by atoms with Crippen molar-refractivity contribution in [2.75, 3.05) is 20.8 Å². The van der Waals surface area contributed by atoms with Crippen molar-refractivity contribution in [1.82, 2.24) is 10.7 Å². The summed E-state index contributed by atoms with van der Waals surface area (Å²) in [6, 6.07) is 11.8. The summed E-state index contributed by atoms with van der Waals surface area (Å²) in [4.78, 5) is 24.2. The minimum Gasteiger partial charge on any atom is -0.493 e. The van der Waals surface area contributed by atoms with Crippen LogP contribution in [0.15, 0.2) is 47.6 Å². The number of amides is 2. The third kappa shape index (κ3) is 6.66. The number of carbonyl (C=O) groups is 2. The zero-order chi connectivity index (χ0) is 21.9. The standard InChI is InChI=1S/C21H24ClN3O5/c1-4-30-21(27)24-17(14-8-6-5-7-9-14)12-20(26)25-23-13-15-10-18(28-2)19(29-3)11-16(15)22/h5-11,13,17H,4,12H2,1-3H3,(H,24,27)(H,25,26)/b23-13-/t17-/m1/s1. The Hall–Kier alpha value is -3.26. The maximum Gasteiger partial charge on any atom is 0.407 e. The molecule has 9 heteroatoms. The second kappa shape index (κ2) is 11.7. The predicted octanol–water partition coefficient (Wildman–Crippen LogP) is 3.68. The molecule has 0 fully saturated rings. The van der Waals surface area contributed by atoms with Gasteiger partial charge in [0.05, 0.1) is 44.5 Å². The Morgan fingerprint density at radius 2 is 1.80 bits per heavy atom. The number of halogens is 1. The largest absolute Gasteiger partial charge is 0.493 e. The number of hydrogen-bond acceptors (Lipinski definition) is 6. The fraction of sp³-hybridized carbons (Fsp3) is 0.286. The lowest BCUT2D eigenvalue weighted by Crippen LogP contribution is -2.33. The van der Waals surface area contributed by atoms with Gasteiger partial charge in [-0.15, -0.1) is 0 Å². The van der Waals surface area contributed by atoms with Gasteiger partial charge in [-0.1, -0.05) is 41.9 Å². The quantitative estimate of drug-likeness (QED) is 0.464. The first kappa shape index (κ1) is 23.0. The Bertz CT molecular complexity index is 890. The van der Waals surface area contributed by atoms with Crippen LogP contribution in [0.2, 0.25) is 5.02 Å². The molecule has 0 spiro atoms. The molecule has 2 amide bonds. The monoisotopic (exact) mass is 433 g/mol. The Morgan fingerprint density at radius 3 is 2.43 bits per heavy atom. The van der Waals surface area contributed by atoms with E-state index in [-0.39, 0.29) is 13.0 Å². The van der Waals surface area contributed by atoms with Gasteiger partial charge in [-0.25, -0.2) is 10.2 Å². The summed E-state index contributed by atoms with van der Waals surface area (Å²) < 4.78 is 15.3. The Labute approximate surface area is 180 Å². The van der Waals surface area contributed by atoms with Gasteiger partial charge in [0.15, 0.2) is 11.5 Å². The van der Waals surface area contributed by atoms with E-state index >= 15 is 0 Å². The zero-order valence-corrected chi connectivity index (χ0v) is 17.7. The number of alkyl carbamates (subject to hydrolysis) is 1. The van der Waals surface area contributed by atoms with E-state index < -0.39 is 18.0 Å². The number of hydrazone groups is 1. The third-order valence-electron chi connectivity index (χ3n) is 4.05. The van der Waals surface area contributed by atoms with Crippen LogP contribution in [-0.2, 0) is 9.53 Å². The molecule has 2 aromatic carbocycles. The summed E-state index contributed by atoms with van der Waals surface area (Å²) in [7, 11) is 3.02. The van der Waals surface area contributed by atoms with Crippen LogP contribution in [0, 0.1) is 0 Å². The number of rotatable bonds is 9. The van der Waals surface area contributed by atoms with Crippen LogP contribution in [0.4, 0.5) is 4.79 Å². The molecule has 30 heavy (non-hydrogen) atoms. The molecule has 2 aromatic rings. The lowest BCUT2D eigenvalue weighted by Gasteiger charge is -2.18. The van der Waals surface area contributed by atoms with E-state index in [1.165, 1.54) is 20.4 Å². The van der Waals surface area contributed by atoms with Gasteiger partial charge in [0.25, 0.3) is 0 Å². The Balaban J connectivity index is 2.06. The molecule has 0 saturated heterocycles. The molecule has 8 nitrogen and oxygen atoms in total. The van der Waals surface area contributed by atoms with Crippen LogP contribution < -0.4 is 20.2 Å². The number of methoxy groups -OCH3 is 2. The Morgan fingerprint density at radius 1 is 1.13 bits per heavy atom. The summed E-state index contributed by atoms with van der Waals surface area (Å²) in [5.41, 5.74) is 3.75. The molecule has 1 atom stereocenters. The molecule has 0 aliphatic heterocycles. The minimum absolute atomic E-state index is 0.0279. The molecule has 0 aliphatic carbocycles. The van der Waals surface area contributed by atoms with Gasteiger partial charge >= 0.3 is 6.09 Å². The van der Waals surface area contributed by atoms with E-state index in [2.05, 4.69) is 15.8 Å². The highest BCUT2D eigenvalue weighted by Crippen LogP contribution is 2.32. The van der Waals surface area contributed by atoms with E-state index in [4.69, 9.17) is 25.8 Å². The number of nitrogens with one attached hydrogen (secondary N) is 2. The maximum atomic E-state index is 12.4. The van der Waals surface area contributed by atoms with Crippen molar-refractivity contribution in [3.05, 3.63) is 58.6 Å². The maximum absolute atomic E-state index is 12.4. The normalized spacial score (nSPS) is 11.6. The molecule has 0 saturated carbocycles. The number of ether oxygens (including phenoxy) is 3. The Kier molecular flexibility index (Phi) is 8.96. The van der Waals surface area contributed by atoms with E-state index in [0.29, 0.717) is 22.1 Å². The molecule has 0 radical (unpaired) electrons. The average molecular weight is 434 g/mol. The SMILES string of the molecule is CCOC(=O)N[C@H](CC(=O)N/N=C\c1cc(OC)c(OC)cc1Cl)c1ccccc1. The predicted molar refractivity (Wildman–Crippen MR) is 114 cm³/mol. The van der Waals surface area contributed by atoms with E-state index in [0.717, 1.165) is 5.56 Å². The molecule has 0 heterocycles. The number of benzene rings is 2. The van der Waals surface area contributed by atoms with Crippen molar-refractivity contribution in [1.29, 1.82) is 0 Å². The van der Waals surface area contributed by atoms with Crippen LogP contribution >= 0.6 is 11.6 Å². The first-order valence-corrected chi connectivity index (χ1v) is 9.57. The zero-order valence-electron chi connectivity index (χ0n) is 17.0. The van der Waals surface area contributed by atoms with Crippen LogP contribution in [0.1, 0.15) is 30.5 Å². The molecule has 2 rings (SSSR count). The summed E-state index contributed by atoms with van der Waals surface area (Å²) in [5.74, 6) is 0.574. The second-order valence-corrected chi connectivity index (χ2v) is 6.46. The average Bonchev–Trinajstić information content (AvgIpc) is 2.74. The van der Waals surface area contributed by atoms with Gasteiger partial charge in [-0.2, -0.15) is 5.10 Å². The highest BCUT2D eigenvalue weighted by molar-refractivity contribution is 6.33. The van der Waals surface area contributed by atoms with Crippen molar-refractivity contribution in [3.63, 3.8) is 0 Å². The smallest absolute Gasteiger partial charge is 0.407 e. The fourth-order valence-electron chi connectivity index (χ4n) is 2.63. The summed E-state index contributed by atoms with van der Waals surface area (Å²) in [6.45, 7) is 1.94. The van der Waals surface area contributed by atoms with Gasteiger partial charge in [0.2, 0.25) is 5.91 Å². The molecular weight excluding hydrogens is 410 g/mol. The summed E-state index contributed by atoms with van der Waals surface area (Å²) in [6.07, 6.45) is 0.776. The van der Waals surface area contributed by atoms with Gasteiger partial charge < -0.3 is 19.5 Å². The first-order valence-electron chi connectivity index (χ1n) is 9.20. The van der Waals surface area contributed by atoms with E-state index in [1.807, 2.05) is 30.3 Å². The second-order valence-electron chi connectivity index (χ2n) is 6.05. The lowest BCUT2D eigenvalue weighted by molar-refractivity contribution is -0.121. The summed E-state index contributed by atoms with van der Waals surface area (Å²) in [5, 5.41) is 7.02. The van der Waals surface area contributed by atoms with Crippen LogP contribution in [0.3, 0.4) is 0 Å². The van der Waals surface area contributed by atoms with Crippen molar-refractivity contribution < 1.29 is 23.8 Å². The molecule has 2 N–H and O–H groups in total. The first-order chi connectivity index (χ1) is 14.5. The number of nitrogens with zero attached hydrogens (tertiary/aromatic N) is 1. The molecule has 0 aliphatic rings. The molecule has 160 valence electrons. The number of carbonyl (C=O) groups excluding carboxylic acids is 2. The molecule has 0 unspecified atom stereocenters. The van der Waals surface area contributed by atoms with Gasteiger partial charge in [0, 0.05) is 11.6 Å². The van der Waals surface area contributed by atoms with Crippen molar-refractivity contribution >= 4 is 29.8 Å². The van der Waals surface area contributed by atoms with Gasteiger partial charge in [-0.05, 0) is 18.6 Å². The number of hydrogen-bond donors (Lipinski definition) is 2.